The normalized spacial score (nSPS) is 30.4. The van der Waals surface area contributed by atoms with E-state index in [4.69, 9.17) is 11.6 Å². The van der Waals surface area contributed by atoms with E-state index in [1.54, 1.807) is 0 Å². The van der Waals surface area contributed by atoms with Gasteiger partial charge in [-0.15, -0.1) is 0 Å². The molecule has 0 radical (unpaired) electrons. The summed E-state index contributed by atoms with van der Waals surface area (Å²) in [5.41, 5.74) is 0.427. The van der Waals surface area contributed by atoms with Crippen LogP contribution in [-0.4, -0.2) is 41.1 Å². The van der Waals surface area contributed by atoms with Gasteiger partial charge in [-0.3, -0.25) is 19.3 Å². The van der Waals surface area contributed by atoms with Crippen LogP contribution in [0.3, 0.4) is 0 Å². The average molecular weight is 465 g/mol. The molecule has 2 aromatic rings. The quantitative estimate of drug-likeness (QED) is 0.481. The first-order chi connectivity index (χ1) is 15.6. The van der Waals surface area contributed by atoms with Gasteiger partial charge in [-0.1, -0.05) is 68.8 Å². The minimum Gasteiger partial charge on any atom is -0.330 e. The zero-order chi connectivity index (χ0) is 23.8. The molecular weight excluding hydrogens is 436 g/mol. The second kappa shape index (κ2) is 7.17. The predicted octanol–water partition coefficient (Wildman–Crippen LogP) is 4.63. The van der Waals surface area contributed by atoms with Crippen LogP contribution < -0.4 is 0 Å². The lowest BCUT2D eigenvalue weighted by Crippen LogP contribution is -2.68. The number of nitrogens with zero attached hydrogens (tertiary/aromatic N) is 2. The zero-order valence-corrected chi connectivity index (χ0v) is 20.3. The molecular formula is C27H29ClN2O3. The Morgan fingerprint density at radius 2 is 1.64 bits per heavy atom. The van der Waals surface area contributed by atoms with Crippen molar-refractivity contribution < 1.29 is 14.4 Å². The van der Waals surface area contributed by atoms with Crippen LogP contribution in [0.15, 0.2) is 48.5 Å². The predicted molar refractivity (Wildman–Crippen MR) is 126 cm³/mol. The maximum Gasteiger partial charge on any atom is 0.245 e. The van der Waals surface area contributed by atoms with E-state index < -0.39 is 16.2 Å². The van der Waals surface area contributed by atoms with E-state index in [1.807, 2.05) is 62.1 Å². The topological polar surface area (TPSA) is 57.7 Å². The number of carbonyl (C=O) groups excluding carboxylic acids is 3. The van der Waals surface area contributed by atoms with Crippen LogP contribution >= 0.6 is 11.6 Å². The van der Waals surface area contributed by atoms with Crippen molar-refractivity contribution in [3.63, 3.8) is 0 Å². The number of hydrogen-bond donors (Lipinski definition) is 0. The van der Waals surface area contributed by atoms with E-state index in [-0.39, 0.29) is 23.8 Å². The van der Waals surface area contributed by atoms with E-state index in [0.717, 1.165) is 17.5 Å². The van der Waals surface area contributed by atoms with Crippen LogP contribution in [0.5, 0.6) is 0 Å². The van der Waals surface area contributed by atoms with Crippen molar-refractivity contribution in [1.82, 2.24) is 9.80 Å². The highest BCUT2D eigenvalue weighted by Crippen LogP contribution is 2.67. The molecule has 33 heavy (non-hydrogen) atoms. The minimum absolute atomic E-state index is 0.171. The molecule has 172 valence electrons. The van der Waals surface area contributed by atoms with Crippen molar-refractivity contribution in [2.45, 2.75) is 46.1 Å². The Bertz CT molecular complexity index is 1170. The van der Waals surface area contributed by atoms with Crippen LogP contribution in [0.2, 0.25) is 5.02 Å². The molecule has 3 amide bonds. The molecule has 5 nitrogen and oxygen atoms in total. The van der Waals surface area contributed by atoms with E-state index in [9.17, 15) is 14.4 Å². The number of halogens is 1. The monoisotopic (exact) mass is 464 g/mol. The summed E-state index contributed by atoms with van der Waals surface area (Å²) < 4.78 is 0. The molecule has 0 N–H and O–H groups in total. The lowest BCUT2D eigenvalue weighted by molar-refractivity contribution is -0.183. The van der Waals surface area contributed by atoms with E-state index >= 15 is 0 Å². The summed E-state index contributed by atoms with van der Waals surface area (Å²) in [6.07, 6.45) is 1.63. The molecule has 1 saturated carbocycles. The number of fused-ring (bicyclic) bond motifs is 3. The second-order valence-corrected chi connectivity index (χ2v) is 10.9. The number of benzene rings is 2. The van der Waals surface area contributed by atoms with Crippen molar-refractivity contribution >= 4 is 29.3 Å². The highest BCUT2D eigenvalue weighted by molar-refractivity contribution is 6.30. The maximum absolute atomic E-state index is 14.6. The third kappa shape index (κ3) is 2.69. The maximum atomic E-state index is 14.6. The summed E-state index contributed by atoms with van der Waals surface area (Å²) in [6, 6.07) is 15.4. The number of piperidine rings is 1. The summed E-state index contributed by atoms with van der Waals surface area (Å²) in [5.74, 6) is -0.724. The van der Waals surface area contributed by atoms with Crippen LogP contribution in [0.4, 0.5) is 0 Å². The molecule has 2 aromatic carbocycles. The van der Waals surface area contributed by atoms with Gasteiger partial charge >= 0.3 is 0 Å². The van der Waals surface area contributed by atoms with Gasteiger partial charge in [0.15, 0.2) is 0 Å². The lowest BCUT2D eigenvalue weighted by atomic mass is 9.54. The van der Waals surface area contributed by atoms with Crippen LogP contribution in [0, 0.1) is 16.2 Å². The molecule has 2 aliphatic heterocycles. The summed E-state index contributed by atoms with van der Waals surface area (Å²) in [7, 11) is 1.52. The number of likely N-dealkylation sites (tertiary alicyclic amines) is 1. The Hall–Kier alpha value is -2.66. The van der Waals surface area contributed by atoms with E-state index in [1.165, 1.54) is 17.5 Å². The van der Waals surface area contributed by atoms with E-state index in [0.29, 0.717) is 24.4 Å². The van der Waals surface area contributed by atoms with Crippen molar-refractivity contribution in [2.24, 2.45) is 16.2 Å². The summed E-state index contributed by atoms with van der Waals surface area (Å²) in [6.45, 7) is 6.28. The van der Waals surface area contributed by atoms with Gasteiger partial charge in [0.25, 0.3) is 0 Å². The smallest absolute Gasteiger partial charge is 0.245 e. The van der Waals surface area contributed by atoms with Gasteiger partial charge in [0.1, 0.15) is 5.41 Å². The van der Waals surface area contributed by atoms with Gasteiger partial charge < -0.3 is 4.90 Å². The Morgan fingerprint density at radius 1 is 0.970 bits per heavy atom. The van der Waals surface area contributed by atoms with Crippen molar-refractivity contribution in [2.75, 3.05) is 13.6 Å². The van der Waals surface area contributed by atoms with Gasteiger partial charge in [-0.2, -0.15) is 0 Å². The first-order valence-electron chi connectivity index (χ1n) is 11.5. The Kier molecular flexibility index (Phi) is 4.81. The number of rotatable bonds is 2. The standard InChI is InChI=1S/C27H29ClN2O3/c1-25(2)26(3)14-15-27(25,23(32)29(4)22(26)31)24(33)30-16-13-17-7-5-6-8-20(17)21(30)18-9-11-19(28)12-10-18/h5-12,21H,13-16H2,1-4H3/t21-,26+,27-/m1/s1. The molecule has 2 heterocycles. The zero-order valence-electron chi connectivity index (χ0n) is 19.5. The summed E-state index contributed by atoms with van der Waals surface area (Å²) in [4.78, 5) is 44.5. The molecule has 0 spiro atoms. The Morgan fingerprint density at radius 3 is 2.33 bits per heavy atom. The van der Waals surface area contributed by atoms with Gasteiger partial charge in [0.05, 0.1) is 11.5 Å². The van der Waals surface area contributed by atoms with Crippen LogP contribution in [0.25, 0.3) is 0 Å². The number of hydrogen-bond acceptors (Lipinski definition) is 3. The fourth-order valence-electron chi connectivity index (χ4n) is 6.53. The van der Waals surface area contributed by atoms with Gasteiger partial charge in [-0.25, -0.2) is 0 Å². The minimum atomic E-state index is -1.26. The fraction of sp³-hybridized carbons (Fsp3) is 0.444. The first kappa shape index (κ1) is 22.1. The summed E-state index contributed by atoms with van der Waals surface area (Å²) >= 11 is 6.16. The molecule has 6 heteroatoms. The van der Waals surface area contributed by atoms with Crippen LogP contribution in [-0.2, 0) is 20.8 Å². The third-order valence-electron chi connectivity index (χ3n) is 8.99. The molecule has 1 saturated heterocycles. The number of amides is 3. The highest BCUT2D eigenvalue weighted by atomic mass is 35.5. The van der Waals surface area contributed by atoms with Gasteiger partial charge in [-0.05, 0) is 48.1 Å². The third-order valence-corrected chi connectivity index (χ3v) is 9.24. The SMILES string of the molecule is CN1C(=O)[C@@]2(C(=O)N3CCc4ccccc4[C@H]3c3ccc(Cl)cc3)CC[C@@](C)(C1=O)C2(C)C. The molecule has 0 unspecified atom stereocenters. The van der Waals surface area contributed by atoms with Crippen molar-refractivity contribution in [1.29, 1.82) is 0 Å². The van der Waals surface area contributed by atoms with Gasteiger partial charge in [0.2, 0.25) is 17.7 Å². The lowest BCUT2D eigenvalue weighted by Gasteiger charge is -2.54. The first-order valence-corrected chi connectivity index (χ1v) is 11.9. The Balaban J connectivity index is 1.66. The van der Waals surface area contributed by atoms with E-state index in [2.05, 4.69) is 12.1 Å². The van der Waals surface area contributed by atoms with Gasteiger partial charge in [0, 0.05) is 24.0 Å². The second-order valence-electron chi connectivity index (χ2n) is 10.4. The Labute approximate surface area is 199 Å². The highest BCUT2D eigenvalue weighted by Gasteiger charge is 2.75. The average Bonchev–Trinajstić information content (AvgIpc) is 2.99. The molecule has 1 aliphatic carbocycles. The molecule has 5 rings (SSSR count). The largest absolute Gasteiger partial charge is 0.330 e. The fourth-order valence-corrected chi connectivity index (χ4v) is 6.66. The summed E-state index contributed by atoms with van der Waals surface area (Å²) in [5, 5.41) is 0.634. The van der Waals surface area contributed by atoms with Crippen molar-refractivity contribution in [3.05, 3.63) is 70.2 Å². The number of carbonyl (C=O) groups is 3. The molecule has 2 bridgehead atoms. The molecule has 3 atom stereocenters. The number of imide groups is 1. The molecule has 3 aliphatic rings. The molecule has 2 fully saturated rings. The molecule has 0 aromatic heterocycles. The van der Waals surface area contributed by atoms with Crippen LogP contribution in [0.1, 0.15) is 56.3 Å². The van der Waals surface area contributed by atoms with Crippen molar-refractivity contribution in [3.8, 4) is 0 Å².